The van der Waals surface area contributed by atoms with Crippen LogP contribution in [-0.4, -0.2) is 21.9 Å². The van der Waals surface area contributed by atoms with Gasteiger partial charge in [-0.15, -0.1) is 0 Å². The smallest absolute Gasteiger partial charge is 0.304 e. The zero-order valence-electron chi connectivity index (χ0n) is 15.7. The summed E-state index contributed by atoms with van der Waals surface area (Å²) in [4.78, 5) is -0.583. The van der Waals surface area contributed by atoms with Gasteiger partial charge in [0.25, 0.3) is 0 Å². The number of hydrogen-bond acceptors (Lipinski definition) is 5. The van der Waals surface area contributed by atoms with Crippen LogP contribution in [0.2, 0.25) is 0 Å². The van der Waals surface area contributed by atoms with Crippen LogP contribution in [0.5, 0.6) is 0 Å². The summed E-state index contributed by atoms with van der Waals surface area (Å²) < 4.78 is 51.5. The van der Waals surface area contributed by atoms with Crippen molar-refractivity contribution < 1.29 is 21.9 Å². The van der Waals surface area contributed by atoms with E-state index in [4.69, 9.17) is 0 Å². The molecule has 0 aromatic heterocycles. The van der Waals surface area contributed by atoms with Crippen molar-refractivity contribution in [3.05, 3.63) is 109 Å². The SMILES string of the molecule is O=S(=O)(c1ccccc1)C(O)(c1cccc2ccccc12)S(=O)(=O)c1ccccc1. The third kappa shape index (κ3) is 2.94. The van der Waals surface area contributed by atoms with Gasteiger partial charge in [-0.3, -0.25) is 0 Å². The highest BCUT2D eigenvalue weighted by molar-refractivity contribution is 8.09. The molecule has 1 N–H and O–H groups in total. The van der Waals surface area contributed by atoms with Crippen LogP contribution >= 0.6 is 0 Å². The van der Waals surface area contributed by atoms with Gasteiger partial charge in [0.05, 0.1) is 9.79 Å². The lowest BCUT2D eigenvalue weighted by molar-refractivity contribution is 0.206. The lowest BCUT2D eigenvalue weighted by atomic mass is 10.1. The topological polar surface area (TPSA) is 88.5 Å². The summed E-state index contributed by atoms with van der Waals surface area (Å²) in [5.41, 5.74) is -0.215. The zero-order valence-corrected chi connectivity index (χ0v) is 17.3. The molecular formula is C23H18O5S2. The summed E-state index contributed by atoms with van der Waals surface area (Å²) in [6, 6.07) is 25.5. The van der Waals surface area contributed by atoms with E-state index < -0.39 is 23.9 Å². The van der Waals surface area contributed by atoms with Crippen LogP contribution in [0.15, 0.2) is 113 Å². The molecule has 0 aliphatic heterocycles. The maximum absolute atomic E-state index is 13.7. The molecular weight excluding hydrogens is 420 g/mol. The highest BCUT2D eigenvalue weighted by Crippen LogP contribution is 2.44. The monoisotopic (exact) mass is 438 g/mol. The minimum atomic E-state index is -4.78. The Hall–Kier alpha value is -3.00. The fraction of sp³-hybridized carbons (Fsp3) is 0.0435. The number of benzene rings is 4. The van der Waals surface area contributed by atoms with Crippen LogP contribution in [0.4, 0.5) is 0 Å². The quantitative estimate of drug-likeness (QED) is 0.511. The van der Waals surface area contributed by atoms with E-state index >= 15 is 0 Å². The molecule has 0 fully saturated rings. The Morgan fingerprint density at radius 1 is 0.533 bits per heavy atom. The van der Waals surface area contributed by atoms with Crippen molar-refractivity contribution in [3.8, 4) is 0 Å². The van der Waals surface area contributed by atoms with Crippen LogP contribution in [0, 0.1) is 0 Å². The van der Waals surface area contributed by atoms with Crippen molar-refractivity contribution >= 4 is 30.4 Å². The number of aliphatic hydroxyl groups is 1. The van der Waals surface area contributed by atoms with Crippen LogP contribution in [-0.2, 0) is 23.9 Å². The van der Waals surface area contributed by atoms with Crippen molar-refractivity contribution in [3.63, 3.8) is 0 Å². The molecule has 0 amide bonds. The second-order valence-corrected chi connectivity index (χ2v) is 11.1. The molecule has 7 heteroatoms. The summed E-state index contributed by atoms with van der Waals surface area (Å²) >= 11 is 0. The van der Waals surface area contributed by atoms with E-state index in [2.05, 4.69) is 0 Å². The fourth-order valence-electron chi connectivity index (χ4n) is 3.45. The molecule has 0 aliphatic rings. The van der Waals surface area contributed by atoms with Crippen LogP contribution in [0.3, 0.4) is 0 Å². The highest BCUT2D eigenvalue weighted by atomic mass is 32.3. The predicted octanol–water partition coefficient (Wildman–Crippen LogP) is 3.89. The number of sulfone groups is 2. The average Bonchev–Trinajstić information content (AvgIpc) is 2.79. The lowest BCUT2D eigenvalue weighted by Gasteiger charge is -2.29. The van der Waals surface area contributed by atoms with E-state index in [-0.39, 0.29) is 15.4 Å². The van der Waals surface area contributed by atoms with Gasteiger partial charge in [0, 0.05) is 5.56 Å². The van der Waals surface area contributed by atoms with Gasteiger partial charge in [0.1, 0.15) is 0 Å². The molecule has 0 saturated heterocycles. The molecule has 0 aliphatic carbocycles. The normalized spacial score (nSPS) is 12.7. The molecule has 152 valence electrons. The van der Waals surface area contributed by atoms with E-state index in [1.807, 2.05) is 0 Å². The van der Waals surface area contributed by atoms with Crippen LogP contribution < -0.4 is 0 Å². The van der Waals surface area contributed by atoms with Crippen LogP contribution in [0.1, 0.15) is 5.56 Å². The second kappa shape index (κ2) is 7.36. The predicted molar refractivity (Wildman–Crippen MR) is 115 cm³/mol. The first kappa shape index (κ1) is 20.3. The molecule has 0 heterocycles. The van der Waals surface area contributed by atoms with E-state index in [0.29, 0.717) is 10.8 Å². The number of hydrogen-bond donors (Lipinski definition) is 1. The van der Waals surface area contributed by atoms with E-state index in [0.717, 1.165) is 0 Å². The third-order valence-corrected chi connectivity index (χ3v) is 9.96. The molecule has 0 saturated carbocycles. The Labute approximate surface area is 175 Å². The molecule has 0 unspecified atom stereocenters. The van der Waals surface area contributed by atoms with Crippen molar-refractivity contribution in [1.82, 2.24) is 0 Å². The molecule has 0 radical (unpaired) electrons. The Kier molecular flexibility index (Phi) is 4.97. The number of rotatable bonds is 5. The molecule has 4 aromatic rings. The van der Waals surface area contributed by atoms with Gasteiger partial charge in [-0.2, -0.15) is 0 Å². The summed E-state index contributed by atoms with van der Waals surface area (Å²) in [6.45, 7) is 0. The molecule has 5 nitrogen and oxygen atoms in total. The van der Waals surface area contributed by atoms with Gasteiger partial charge in [-0.1, -0.05) is 78.9 Å². The van der Waals surface area contributed by atoms with E-state index in [9.17, 15) is 21.9 Å². The molecule has 0 bridgehead atoms. The Morgan fingerprint density at radius 3 is 1.50 bits per heavy atom. The maximum atomic E-state index is 13.7. The Balaban J connectivity index is 2.14. The first-order valence-corrected chi connectivity index (χ1v) is 12.1. The molecule has 4 rings (SSSR count). The zero-order chi connectivity index (χ0) is 21.4. The molecule has 30 heavy (non-hydrogen) atoms. The summed E-state index contributed by atoms with van der Waals surface area (Å²) in [5, 5.41) is 12.7. The van der Waals surface area contributed by atoms with Gasteiger partial charge in [-0.25, -0.2) is 16.8 Å². The maximum Gasteiger partial charge on any atom is 0.304 e. The van der Waals surface area contributed by atoms with Crippen molar-refractivity contribution in [2.24, 2.45) is 0 Å². The van der Waals surface area contributed by atoms with Crippen molar-refractivity contribution in [2.45, 2.75) is 14.1 Å². The first-order chi connectivity index (χ1) is 14.3. The summed E-state index contributed by atoms with van der Waals surface area (Å²) in [7, 11) is -9.57. The first-order valence-electron chi connectivity index (χ1n) is 9.10. The van der Waals surface area contributed by atoms with E-state index in [1.165, 1.54) is 60.7 Å². The van der Waals surface area contributed by atoms with E-state index in [1.54, 1.807) is 42.5 Å². The Bertz CT molecular complexity index is 1340. The fourth-order valence-corrected chi connectivity index (χ4v) is 7.79. The highest BCUT2D eigenvalue weighted by Gasteiger charge is 2.57. The number of fused-ring (bicyclic) bond motifs is 1. The van der Waals surface area contributed by atoms with Crippen molar-refractivity contribution in [1.29, 1.82) is 0 Å². The van der Waals surface area contributed by atoms with Gasteiger partial charge in [0.2, 0.25) is 19.7 Å². The van der Waals surface area contributed by atoms with Crippen LogP contribution in [0.25, 0.3) is 10.8 Å². The summed E-state index contributed by atoms with van der Waals surface area (Å²) in [6.07, 6.45) is 0. The summed E-state index contributed by atoms with van der Waals surface area (Å²) in [5.74, 6) is 0. The van der Waals surface area contributed by atoms with Gasteiger partial charge in [0.15, 0.2) is 0 Å². The minimum Gasteiger partial charge on any atom is -0.359 e. The minimum absolute atomic E-state index is 0.215. The van der Waals surface area contributed by atoms with Gasteiger partial charge < -0.3 is 5.11 Å². The molecule has 0 atom stereocenters. The Morgan fingerprint density at radius 2 is 0.967 bits per heavy atom. The van der Waals surface area contributed by atoms with Gasteiger partial charge >= 0.3 is 4.27 Å². The third-order valence-electron chi connectivity index (χ3n) is 4.97. The standard InChI is InChI=1S/C23H18O5S2/c24-23(29(25,26)19-12-3-1-4-13-19,30(27,28)20-14-5-2-6-15-20)22-17-9-11-18-10-7-8-16-21(18)22/h1-17,24H. The average molecular weight is 439 g/mol. The largest absolute Gasteiger partial charge is 0.359 e. The van der Waals surface area contributed by atoms with Gasteiger partial charge in [-0.05, 0) is 35.0 Å². The second-order valence-electron chi connectivity index (χ2n) is 6.74. The molecule has 0 spiro atoms. The lowest BCUT2D eigenvalue weighted by Crippen LogP contribution is -2.43. The van der Waals surface area contributed by atoms with Crippen molar-refractivity contribution in [2.75, 3.05) is 0 Å². The molecule has 4 aromatic carbocycles.